The van der Waals surface area contributed by atoms with Crippen LogP contribution >= 0.6 is 10.7 Å². The van der Waals surface area contributed by atoms with Gasteiger partial charge in [-0.3, -0.25) is 0 Å². The highest BCUT2D eigenvalue weighted by atomic mass is 35.7. The second-order valence-corrected chi connectivity index (χ2v) is 6.72. The zero-order valence-electron chi connectivity index (χ0n) is 9.89. The molecule has 0 aliphatic carbocycles. The van der Waals surface area contributed by atoms with E-state index < -0.39 is 9.05 Å². The van der Waals surface area contributed by atoms with Crippen molar-refractivity contribution in [3.05, 3.63) is 18.3 Å². The van der Waals surface area contributed by atoms with E-state index in [1.54, 1.807) is 0 Å². The number of rotatable bonds is 6. The van der Waals surface area contributed by atoms with Gasteiger partial charge >= 0.3 is 0 Å². The molecule has 0 bridgehead atoms. The number of hydrogen-bond acceptors (Lipinski definition) is 4. The van der Waals surface area contributed by atoms with Crippen LogP contribution in [0.25, 0.3) is 0 Å². The summed E-state index contributed by atoms with van der Waals surface area (Å²) in [6, 6.07) is 2.89. The smallest absolute Gasteiger partial charge is 0.262 e. The third-order valence-corrected chi connectivity index (χ3v) is 3.51. The molecule has 96 valence electrons. The highest BCUT2D eigenvalue weighted by molar-refractivity contribution is 8.13. The molecule has 1 aromatic rings. The quantitative estimate of drug-likeness (QED) is 0.593. The van der Waals surface area contributed by atoms with Gasteiger partial charge in [-0.05, 0) is 24.8 Å². The maximum Gasteiger partial charge on any atom is 0.262 e. The van der Waals surface area contributed by atoms with Crippen LogP contribution in [0, 0.1) is 5.92 Å². The van der Waals surface area contributed by atoms with Gasteiger partial charge in [0, 0.05) is 16.7 Å². The average Bonchev–Trinajstić information content (AvgIpc) is 2.23. The normalized spacial score (nSPS) is 11.8. The predicted molar refractivity (Wildman–Crippen MR) is 66.8 cm³/mol. The minimum absolute atomic E-state index is 0.0197. The van der Waals surface area contributed by atoms with Gasteiger partial charge in [0.2, 0.25) is 5.88 Å². The molecule has 0 spiro atoms. The number of pyridine rings is 1. The van der Waals surface area contributed by atoms with Crippen LogP contribution in [0.5, 0.6) is 5.88 Å². The highest BCUT2D eigenvalue weighted by Gasteiger charge is 2.10. The van der Waals surface area contributed by atoms with Crippen molar-refractivity contribution in [2.24, 2.45) is 5.92 Å². The maximum atomic E-state index is 11.0. The minimum Gasteiger partial charge on any atom is -0.478 e. The standard InChI is InChI=1S/C11H16ClNO3S/c1-9(2)4-3-7-16-11-6-5-10(8-13-11)17(12,14)15/h5-6,8-9H,3-4,7H2,1-2H3. The fraction of sp³-hybridized carbons (Fsp3) is 0.545. The van der Waals surface area contributed by atoms with Crippen molar-refractivity contribution < 1.29 is 13.2 Å². The Morgan fingerprint density at radius 1 is 1.41 bits per heavy atom. The van der Waals surface area contributed by atoms with Crippen LogP contribution in [0.3, 0.4) is 0 Å². The van der Waals surface area contributed by atoms with Crippen molar-refractivity contribution >= 4 is 19.7 Å². The first-order valence-corrected chi connectivity index (χ1v) is 7.74. The molecule has 6 heteroatoms. The Hall–Kier alpha value is -0.810. The summed E-state index contributed by atoms with van der Waals surface area (Å²) >= 11 is 0. The van der Waals surface area contributed by atoms with E-state index >= 15 is 0 Å². The largest absolute Gasteiger partial charge is 0.478 e. The first-order valence-electron chi connectivity index (χ1n) is 5.43. The second-order valence-electron chi connectivity index (χ2n) is 4.15. The molecule has 17 heavy (non-hydrogen) atoms. The Labute approximate surface area is 106 Å². The van der Waals surface area contributed by atoms with Gasteiger partial charge in [0.05, 0.1) is 12.8 Å². The lowest BCUT2D eigenvalue weighted by atomic mass is 10.1. The molecule has 0 N–H and O–H groups in total. The van der Waals surface area contributed by atoms with Crippen molar-refractivity contribution in [3.63, 3.8) is 0 Å². The summed E-state index contributed by atoms with van der Waals surface area (Å²) in [5.41, 5.74) is 0. The number of aromatic nitrogens is 1. The van der Waals surface area contributed by atoms with Crippen molar-refractivity contribution in [1.82, 2.24) is 4.98 Å². The van der Waals surface area contributed by atoms with Gasteiger partial charge in [0.1, 0.15) is 4.90 Å². The molecular formula is C11H16ClNO3S. The van der Waals surface area contributed by atoms with Crippen molar-refractivity contribution in [2.45, 2.75) is 31.6 Å². The summed E-state index contributed by atoms with van der Waals surface area (Å²) in [6.07, 6.45) is 3.24. The van der Waals surface area contributed by atoms with Crippen LogP contribution < -0.4 is 4.74 Å². The van der Waals surface area contributed by atoms with E-state index in [4.69, 9.17) is 15.4 Å². The van der Waals surface area contributed by atoms with Gasteiger partial charge in [-0.15, -0.1) is 0 Å². The van der Waals surface area contributed by atoms with E-state index in [2.05, 4.69) is 18.8 Å². The van der Waals surface area contributed by atoms with Crippen LogP contribution in [-0.4, -0.2) is 20.0 Å². The van der Waals surface area contributed by atoms with Gasteiger partial charge in [0.15, 0.2) is 0 Å². The summed E-state index contributed by atoms with van der Waals surface area (Å²) in [7, 11) is 1.46. The molecule has 0 radical (unpaired) electrons. The number of nitrogens with zero attached hydrogens (tertiary/aromatic N) is 1. The monoisotopic (exact) mass is 277 g/mol. The topological polar surface area (TPSA) is 56.3 Å². The lowest BCUT2D eigenvalue weighted by molar-refractivity contribution is 0.287. The molecule has 0 aromatic carbocycles. The van der Waals surface area contributed by atoms with E-state index in [0.29, 0.717) is 18.4 Å². The Morgan fingerprint density at radius 3 is 2.59 bits per heavy atom. The first-order chi connectivity index (χ1) is 7.89. The molecule has 0 saturated heterocycles. The van der Waals surface area contributed by atoms with Crippen LogP contribution in [0.2, 0.25) is 0 Å². The molecule has 0 aliphatic rings. The molecule has 1 aromatic heterocycles. The summed E-state index contributed by atoms with van der Waals surface area (Å²) in [5.74, 6) is 1.06. The average molecular weight is 278 g/mol. The molecule has 0 atom stereocenters. The van der Waals surface area contributed by atoms with Crippen molar-refractivity contribution in [3.8, 4) is 5.88 Å². The Balaban J connectivity index is 2.46. The van der Waals surface area contributed by atoms with E-state index in [9.17, 15) is 8.42 Å². The Bertz CT molecular complexity index is 442. The van der Waals surface area contributed by atoms with E-state index in [-0.39, 0.29) is 4.90 Å². The third-order valence-electron chi connectivity index (χ3n) is 2.17. The molecule has 0 saturated carbocycles. The first kappa shape index (κ1) is 14.3. The Morgan fingerprint density at radius 2 is 2.12 bits per heavy atom. The lowest BCUT2D eigenvalue weighted by Gasteiger charge is -2.06. The molecule has 0 aliphatic heterocycles. The number of halogens is 1. The van der Waals surface area contributed by atoms with Crippen molar-refractivity contribution in [2.75, 3.05) is 6.61 Å². The SMILES string of the molecule is CC(C)CCCOc1ccc(S(=O)(=O)Cl)cn1. The molecule has 1 heterocycles. The second kappa shape index (κ2) is 6.21. The zero-order valence-corrected chi connectivity index (χ0v) is 11.5. The maximum absolute atomic E-state index is 11.0. The van der Waals surface area contributed by atoms with Crippen LogP contribution in [0.4, 0.5) is 0 Å². The van der Waals surface area contributed by atoms with E-state index in [1.807, 2.05) is 0 Å². The van der Waals surface area contributed by atoms with Gasteiger partial charge in [-0.25, -0.2) is 13.4 Å². The number of ether oxygens (including phenoxy) is 1. The molecule has 4 nitrogen and oxygen atoms in total. The van der Waals surface area contributed by atoms with Gasteiger partial charge in [0.25, 0.3) is 9.05 Å². The van der Waals surface area contributed by atoms with Crippen LogP contribution in [0.1, 0.15) is 26.7 Å². The molecular weight excluding hydrogens is 262 g/mol. The van der Waals surface area contributed by atoms with E-state index in [1.165, 1.54) is 18.3 Å². The van der Waals surface area contributed by atoms with Crippen LogP contribution in [-0.2, 0) is 9.05 Å². The van der Waals surface area contributed by atoms with E-state index in [0.717, 1.165) is 12.8 Å². The third kappa shape index (κ3) is 5.37. The molecule has 0 fully saturated rings. The highest BCUT2D eigenvalue weighted by Crippen LogP contribution is 2.16. The van der Waals surface area contributed by atoms with Crippen molar-refractivity contribution in [1.29, 1.82) is 0 Å². The minimum atomic E-state index is -3.70. The summed E-state index contributed by atoms with van der Waals surface area (Å²) in [4.78, 5) is 3.86. The molecule has 0 amide bonds. The lowest BCUT2D eigenvalue weighted by Crippen LogP contribution is -2.01. The number of hydrogen-bond donors (Lipinski definition) is 0. The fourth-order valence-corrected chi connectivity index (χ4v) is 1.95. The van der Waals surface area contributed by atoms with Gasteiger partial charge in [-0.1, -0.05) is 13.8 Å². The summed E-state index contributed by atoms with van der Waals surface area (Å²) in [6.45, 7) is 4.88. The zero-order chi connectivity index (χ0) is 12.9. The fourth-order valence-electron chi connectivity index (χ4n) is 1.26. The summed E-state index contributed by atoms with van der Waals surface area (Å²) in [5, 5.41) is 0. The van der Waals surface area contributed by atoms with Gasteiger partial charge < -0.3 is 4.74 Å². The Kier molecular flexibility index (Phi) is 5.21. The van der Waals surface area contributed by atoms with Crippen LogP contribution in [0.15, 0.2) is 23.2 Å². The summed E-state index contributed by atoms with van der Waals surface area (Å²) < 4.78 is 27.3. The molecule has 1 rings (SSSR count). The predicted octanol–water partition coefficient (Wildman–Crippen LogP) is 2.82. The molecule has 0 unspecified atom stereocenters. The van der Waals surface area contributed by atoms with Gasteiger partial charge in [-0.2, -0.15) is 0 Å².